The number of carbonyl (C=O) groups is 4. The summed E-state index contributed by atoms with van der Waals surface area (Å²) < 4.78 is 4.66. The Morgan fingerprint density at radius 2 is 1.41 bits per heavy atom. The fourth-order valence-electron chi connectivity index (χ4n) is 3.15. The Hall–Kier alpha value is -4.26. The van der Waals surface area contributed by atoms with Crippen molar-refractivity contribution in [1.29, 1.82) is 0 Å². The maximum Gasteiger partial charge on any atom is 0.337 e. The van der Waals surface area contributed by atoms with E-state index in [1.165, 1.54) is 25.3 Å². The van der Waals surface area contributed by atoms with Crippen molar-refractivity contribution in [3.8, 4) is 0 Å². The van der Waals surface area contributed by atoms with E-state index in [1.54, 1.807) is 54.6 Å². The van der Waals surface area contributed by atoms with E-state index in [1.807, 2.05) is 6.07 Å². The summed E-state index contributed by atoms with van der Waals surface area (Å²) in [5.74, 6) is -1.93. The van der Waals surface area contributed by atoms with Crippen molar-refractivity contribution in [2.45, 2.75) is 12.5 Å². The average molecular weight is 430 g/mol. The highest BCUT2D eigenvalue weighted by atomic mass is 16.5. The molecule has 1 atom stereocenters. The van der Waals surface area contributed by atoms with E-state index >= 15 is 0 Å². The molecule has 0 radical (unpaired) electrons. The van der Waals surface area contributed by atoms with Crippen LogP contribution in [0.1, 0.15) is 42.2 Å². The van der Waals surface area contributed by atoms with Crippen molar-refractivity contribution in [3.05, 3.63) is 107 Å². The Kier molecular flexibility index (Phi) is 7.13. The lowest BCUT2D eigenvalue weighted by Crippen LogP contribution is -2.45. The molecule has 0 saturated carbocycles. The van der Waals surface area contributed by atoms with Gasteiger partial charge in [-0.05, 0) is 23.8 Å². The van der Waals surface area contributed by atoms with E-state index in [2.05, 4.69) is 10.1 Å². The molecule has 162 valence electrons. The van der Waals surface area contributed by atoms with Gasteiger partial charge in [0.15, 0.2) is 5.78 Å². The predicted octanol–water partition coefficient (Wildman–Crippen LogP) is 2.53. The molecule has 3 aromatic carbocycles. The van der Waals surface area contributed by atoms with Crippen molar-refractivity contribution >= 4 is 23.6 Å². The molecule has 3 rings (SSSR count). The summed E-state index contributed by atoms with van der Waals surface area (Å²) in [6.07, 6.45) is 0.150. The zero-order chi connectivity index (χ0) is 23.1. The number of methoxy groups -OCH3 is 1. The number of hydrogen-bond donors (Lipinski definition) is 2. The van der Waals surface area contributed by atoms with Gasteiger partial charge < -0.3 is 15.8 Å². The van der Waals surface area contributed by atoms with Gasteiger partial charge in [-0.25, -0.2) is 4.79 Å². The molecule has 0 aromatic heterocycles. The number of hydrogen-bond acceptors (Lipinski definition) is 5. The van der Waals surface area contributed by atoms with Crippen LogP contribution in [0.2, 0.25) is 0 Å². The Morgan fingerprint density at radius 3 is 2.03 bits per heavy atom. The summed E-state index contributed by atoms with van der Waals surface area (Å²) in [5, 5.41) is 2.60. The van der Waals surface area contributed by atoms with Crippen LogP contribution in [0.25, 0.3) is 0 Å². The van der Waals surface area contributed by atoms with Crippen molar-refractivity contribution in [2.24, 2.45) is 5.73 Å². The number of amides is 2. The molecule has 3 N–H and O–H groups in total. The van der Waals surface area contributed by atoms with Gasteiger partial charge in [0, 0.05) is 23.1 Å². The maximum absolute atomic E-state index is 12.6. The Bertz CT molecular complexity index is 1140. The van der Waals surface area contributed by atoms with Gasteiger partial charge in [0.1, 0.15) is 6.04 Å². The number of carbonyl (C=O) groups excluding carboxylic acids is 4. The molecule has 2 amide bonds. The number of primary amides is 1. The van der Waals surface area contributed by atoms with Crippen LogP contribution >= 0.6 is 0 Å². The van der Waals surface area contributed by atoms with Gasteiger partial charge in [0.05, 0.1) is 12.7 Å². The summed E-state index contributed by atoms with van der Waals surface area (Å²) in [5.41, 5.74) is 7.71. The van der Waals surface area contributed by atoms with Gasteiger partial charge >= 0.3 is 5.97 Å². The van der Waals surface area contributed by atoms with Gasteiger partial charge in [0.2, 0.25) is 5.91 Å². The smallest absolute Gasteiger partial charge is 0.337 e. The van der Waals surface area contributed by atoms with Gasteiger partial charge in [-0.1, -0.05) is 60.7 Å². The molecule has 0 saturated heterocycles. The highest BCUT2D eigenvalue weighted by Gasteiger charge is 2.20. The molecule has 3 aromatic rings. The normalized spacial score (nSPS) is 11.3. The zero-order valence-electron chi connectivity index (χ0n) is 17.4. The van der Waals surface area contributed by atoms with Gasteiger partial charge in [-0.2, -0.15) is 0 Å². The van der Waals surface area contributed by atoms with E-state index in [0.29, 0.717) is 11.1 Å². The monoisotopic (exact) mass is 430 g/mol. The first-order chi connectivity index (χ1) is 15.4. The third-order valence-electron chi connectivity index (χ3n) is 4.89. The summed E-state index contributed by atoms with van der Waals surface area (Å²) in [6, 6.07) is 20.7. The SMILES string of the molecule is COC(=O)c1cccc(C(=O)N[C@H](Cc2ccc(C(=O)c3ccccc3)cc2)C(N)=O)c1. The summed E-state index contributed by atoms with van der Waals surface area (Å²) in [7, 11) is 1.25. The molecule has 0 aliphatic heterocycles. The lowest BCUT2D eigenvalue weighted by atomic mass is 9.99. The third-order valence-corrected chi connectivity index (χ3v) is 4.89. The molecule has 0 unspecified atom stereocenters. The Morgan fingerprint density at radius 1 is 0.812 bits per heavy atom. The van der Waals surface area contributed by atoms with Crippen LogP contribution in [-0.4, -0.2) is 36.7 Å². The molecule has 0 aliphatic carbocycles. The first-order valence-corrected chi connectivity index (χ1v) is 9.86. The van der Waals surface area contributed by atoms with Crippen LogP contribution in [0.3, 0.4) is 0 Å². The van der Waals surface area contributed by atoms with E-state index in [9.17, 15) is 19.2 Å². The van der Waals surface area contributed by atoms with Gasteiger partial charge in [-0.3, -0.25) is 14.4 Å². The molecule has 0 heterocycles. The molecular weight excluding hydrogens is 408 g/mol. The second-order valence-electron chi connectivity index (χ2n) is 7.10. The highest BCUT2D eigenvalue weighted by molar-refractivity contribution is 6.09. The highest BCUT2D eigenvalue weighted by Crippen LogP contribution is 2.13. The van der Waals surface area contributed by atoms with Crippen molar-refractivity contribution in [3.63, 3.8) is 0 Å². The fraction of sp³-hybridized carbons (Fsp3) is 0.120. The van der Waals surface area contributed by atoms with Crippen molar-refractivity contribution in [2.75, 3.05) is 7.11 Å². The molecule has 0 spiro atoms. The minimum atomic E-state index is -0.972. The molecular formula is C25H22N2O5. The number of nitrogens with two attached hydrogens (primary N) is 1. The lowest BCUT2D eigenvalue weighted by molar-refractivity contribution is -0.119. The van der Waals surface area contributed by atoms with E-state index in [-0.39, 0.29) is 23.3 Å². The number of ether oxygens (including phenoxy) is 1. The number of nitrogens with one attached hydrogen (secondary N) is 1. The minimum Gasteiger partial charge on any atom is -0.465 e. The molecule has 32 heavy (non-hydrogen) atoms. The second-order valence-corrected chi connectivity index (χ2v) is 7.10. The fourth-order valence-corrected chi connectivity index (χ4v) is 3.15. The quantitative estimate of drug-likeness (QED) is 0.421. The number of rotatable bonds is 8. The van der Waals surface area contributed by atoms with Crippen molar-refractivity contribution < 1.29 is 23.9 Å². The average Bonchev–Trinajstić information content (AvgIpc) is 2.83. The molecule has 7 nitrogen and oxygen atoms in total. The Balaban J connectivity index is 1.70. The predicted molar refractivity (Wildman–Crippen MR) is 118 cm³/mol. The third kappa shape index (κ3) is 5.46. The van der Waals surface area contributed by atoms with E-state index in [0.717, 1.165) is 5.56 Å². The molecule has 7 heteroatoms. The Labute approximate surface area is 185 Å². The lowest BCUT2D eigenvalue weighted by Gasteiger charge is -2.16. The van der Waals surface area contributed by atoms with Crippen LogP contribution in [0.15, 0.2) is 78.9 Å². The number of esters is 1. The first-order valence-electron chi connectivity index (χ1n) is 9.86. The van der Waals surface area contributed by atoms with Crippen LogP contribution in [0.5, 0.6) is 0 Å². The van der Waals surface area contributed by atoms with E-state index < -0.39 is 23.8 Å². The van der Waals surface area contributed by atoms with Crippen LogP contribution in [0, 0.1) is 0 Å². The second kappa shape index (κ2) is 10.2. The number of benzene rings is 3. The van der Waals surface area contributed by atoms with Gasteiger partial charge in [-0.15, -0.1) is 0 Å². The van der Waals surface area contributed by atoms with E-state index in [4.69, 9.17) is 5.73 Å². The standard InChI is InChI=1S/C25H22N2O5/c1-32-25(31)20-9-5-8-19(15-20)24(30)27-21(23(26)29)14-16-10-12-18(13-11-16)22(28)17-6-3-2-4-7-17/h2-13,15,21H,14H2,1H3,(H2,26,29)(H,27,30)/t21-/m1/s1. The topological polar surface area (TPSA) is 116 Å². The minimum absolute atomic E-state index is 0.109. The zero-order valence-corrected chi connectivity index (χ0v) is 17.4. The first kappa shape index (κ1) is 22.4. The molecule has 0 fully saturated rings. The van der Waals surface area contributed by atoms with Crippen LogP contribution in [0.4, 0.5) is 0 Å². The van der Waals surface area contributed by atoms with Gasteiger partial charge in [0.25, 0.3) is 5.91 Å². The summed E-state index contributed by atoms with van der Waals surface area (Å²) in [6.45, 7) is 0. The maximum atomic E-state index is 12.6. The van der Waals surface area contributed by atoms with Crippen molar-refractivity contribution in [1.82, 2.24) is 5.32 Å². The van der Waals surface area contributed by atoms with Crippen LogP contribution in [-0.2, 0) is 16.0 Å². The summed E-state index contributed by atoms with van der Waals surface area (Å²) >= 11 is 0. The largest absolute Gasteiger partial charge is 0.465 e. The summed E-state index contributed by atoms with van der Waals surface area (Å²) in [4.78, 5) is 48.7. The van der Waals surface area contributed by atoms with Crippen LogP contribution < -0.4 is 11.1 Å². The molecule has 0 aliphatic rings. The number of ketones is 1. The molecule has 0 bridgehead atoms.